The molecular formula is C16H20FNO. The zero-order chi connectivity index (χ0) is 13.5. The molecule has 2 N–H and O–H groups in total. The van der Waals surface area contributed by atoms with Gasteiger partial charge >= 0.3 is 0 Å². The number of halogens is 1. The first-order valence-electron chi connectivity index (χ1n) is 6.90. The first-order chi connectivity index (χ1) is 9.28. The number of rotatable bonds is 3. The quantitative estimate of drug-likeness (QED) is 0.849. The molecule has 2 nitrogen and oxygen atoms in total. The second kappa shape index (κ2) is 7.16. The van der Waals surface area contributed by atoms with Gasteiger partial charge in [-0.1, -0.05) is 31.1 Å². The Morgan fingerprint density at radius 3 is 2.74 bits per heavy atom. The molecule has 1 aliphatic carbocycles. The normalized spacial score (nSPS) is 15.7. The highest BCUT2D eigenvalue weighted by Gasteiger charge is 2.14. The fourth-order valence-electron chi connectivity index (χ4n) is 2.44. The van der Waals surface area contributed by atoms with Crippen LogP contribution in [-0.2, 0) is 0 Å². The van der Waals surface area contributed by atoms with Crippen molar-refractivity contribution in [3.05, 3.63) is 29.6 Å². The van der Waals surface area contributed by atoms with Gasteiger partial charge in [-0.2, -0.15) is 0 Å². The van der Waals surface area contributed by atoms with Gasteiger partial charge in [-0.15, -0.1) is 0 Å². The maximum atomic E-state index is 13.4. The standard InChI is InChI=1S/C16H20FNO/c17-15-9-14(7-4-8-18)10-16(11-15)19-12-13-5-2-1-3-6-13/h9-11,13H,1-3,5-6,8,12,18H2. The van der Waals surface area contributed by atoms with E-state index >= 15 is 0 Å². The summed E-state index contributed by atoms with van der Waals surface area (Å²) in [6.45, 7) is 0.946. The second-order valence-electron chi connectivity index (χ2n) is 5.00. The van der Waals surface area contributed by atoms with Crippen molar-refractivity contribution in [1.82, 2.24) is 0 Å². The van der Waals surface area contributed by atoms with Crippen molar-refractivity contribution in [1.29, 1.82) is 0 Å². The van der Waals surface area contributed by atoms with Gasteiger partial charge in [0.25, 0.3) is 0 Å². The molecule has 19 heavy (non-hydrogen) atoms. The van der Waals surface area contributed by atoms with Gasteiger partial charge in [0.2, 0.25) is 0 Å². The summed E-state index contributed by atoms with van der Waals surface area (Å²) in [6, 6.07) is 4.58. The fourth-order valence-corrected chi connectivity index (χ4v) is 2.44. The Morgan fingerprint density at radius 1 is 1.21 bits per heavy atom. The number of benzene rings is 1. The molecule has 1 fully saturated rings. The zero-order valence-electron chi connectivity index (χ0n) is 11.1. The first-order valence-corrected chi connectivity index (χ1v) is 6.90. The van der Waals surface area contributed by atoms with Crippen LogP contribution >= 0.6 is 0 Å². The van der Waals surface area contributed by atoms with Crippen LogP contribution in [-0.4, -0.2) is 13.2 Å². The molecule has 1 saturated carbocycles. The maximum Gasteiger partial charge on any atom is 0.128 e. The highest BCUT2D eigenvalue weighted by Crippen LogP contribution is 2.25. The number of hydrogen-bond donors (Lipinski definition) is 1. The topological polar surface area (TPSA) is 35.2 Å². The van der Waals surface area contributed by atoms with Crippen molar-refractivity contribution in [2.24, 2.45) is 11.7 Å². The lowest BCUT2D eigenvalue weighted by molar-refractivity contribution is 0.208. The van der Waals surface area contributed by atoms with Gasteiger partial charge in [-0.25, -0.2) is 4.39 Å². The molecule has 0 spiro atoms. The van der Waals surface area contributed by atoms with Crippen LogP contribution in [0.2, 0.25) is 0 Å². The molecular weight excluding hydrogens is 241 g/mol. The lowest BCUT2D eigenvalue weighted by Gasteiger charge is -2.21. The van der Waals surface area contributed by atoms with Gasteiger partial charge in [0.05, 0.1) is 13.2 Å². The van der Waals surface area contributed by atoms with Crippen molar-refractivity contribution in [2.45, 2.75) is 32.1 Å². The van der Waals surface area contributed by atoms with E-state index in [1.54, 1.807) is 6.07 Å². The van der Waals surface area contributed by atoms with Crippen LogP contribution in [0.3, 0.4) is 0 Å². The largest absolute Gasteiger partial charge is 0.493 e. The molecule has 3 heteroatoms. The number of hydrogen-bond acceptors (Lipinski definition) is 2. The molecule has 0 radical (unpaired) electrons. The minimum Gasteiger partial charge on any atom is -0.493 e. The van der Waals surface area contributed by atoms with Gasteiger partial charge in [0.1, 0.15) is 11.6 Å². The molecule has 102 valence electrons. The summed E-state index contributed by atoms with van der Waals surface area (Å²) in [5.74, 6) is 6.40. The lowest BCUT2D eigenvalue weighted by atomic mass is 9.90. The summed E-state index contributed by atoms with van der Waals surface area (Å²) in [4.78, 5) is 0. The van der Waals surface area contributed by atoms with Gasteiger partial charge in [0, 0.05) is 11.6 Å². The molecule has 0 unspecified atom stereocenters. The highest BCUT2D eigenvalue weighted by molar-refractivity contribution is 5.40. The Hall–Kier alpha value is -1.53. The summed E-state index contributed by atoms with van der Waals surface area (Å²) in [6.07, 6.45) is 6.33. The average molecular weight is 261 g/mol. The summed E-state index contributed by atoms with van der Waals surface area (Å²) in [5, 5.41) is 0. The van der Waals surface area contributed by atoms with Crippen molar-refractivity contribution in [3.63, 3.8) is 0 Å². The minimum atomic E-state index is -0.317. The summed E-state index contributed by atoms with van der Waals surface area (Å²) >= 11 is 0. The third-order valence-corrected chi connectivity index (χ3v) is 3.42. The van der Waals surface area contributed by atoms with Crippen LogP contribution in [0.15, 0.2) is 18.2 Å². The average Bonchev–Trinajstić information content (AvgIpc) is 2.43. The third kappa shape index (κ3) is 4.57. The van der Waals surface area contributed by atoms with Gasteiger partial charge in [-0.05, 0) is 30.9 Å². The van der Waals surface area contributed by atoms with Gasteiger partial charge in [-0.3, -0.25) is 0 Å². The second-order valence-corrected chi connectivity index (χ2v) is 5.00. The zero-order valence-corrected chi connectivity index (χ0v) is 11.1. The van der Waals surface area contributed by atoms with E-state index in [0.717, 1.165) is 0 Å². The summed E-state index contributed by atoms with van der Waals surface area (Å²) < 4.78 is 19.1. The van der Waals surface area contributed by atoms with E-state index in [9.17, 15) is 4.39 Å². The lowest BCUT2D eigenvalue weighted by Crippen LogP contribution is -2.15. The Kier molecular flexibility index (Phi) is 5.23. The Morgan fingerprint density at radius 2 is 2.00 bits per heavy atom. The van der Waals surface area contributed by atoms with Crippen LogP contribution in [0.1, 0.15) is 37.7 Å². The first kappa shape index (κ1) is 13.9. The minimum absolute atomic E-state index is 0.273. The smallest absolute Gasteiger partial charge is 0.128 e. The number of nitrogens with two attached hydrogens (primary N) is 1. The highest BCUT2D eigenvalue weighted by atomic mass is 19.1. The molecule has 0 saturated heterocycles. The molecule has 2 rings (SSSR count). The van der Waals surface area contributed by atoms with Crippen LogP contribution in [0, 0.1) is 23.6 Å². The van der Waals surface area contributed by atoms with Gasteiger partial charge < -0.3 is 10.5 Å². The van der Waals surface area contributed by atoms with E-state index in [0.29, 0.717) is 23.8 Å². The van der Waals surface area contributed by atoms with Crippen molar-refractivity contribution >= 4 is 0 Å². The molecule has 1 aromatic carbocycles. The monoisotopic (exact) mass is 261 g/mol. The molecule has 0 heterocycles. The van der Waals surface area contributed by atoms with E-state index in [1.807, 2.05) is 0 Å². The molecule has 0 bridgehead atoms. The molecule has 1 aliphatic rings. The van der Waals surface area contributed by atoms with Crippen LogP contribution in [0.25, 0.3) is 0 Å². The predicted octanol–water partition coefficient (Wildman–Crippen LogP) is 3.10. The van der Waals surface area contributed by atoms with Crippen molar-refractivity contribution in [2.75, 3.05) is 13.2 Å². The van der Waals surface area contributed by atoms with E-state index in [-0.39, 0.29) is 12.4 Å². The van der Waals surface area contributed by atoms with E-state index in [4.69, 9.17) is 10.5 Å². The van der Waals surface area contributed by atoms with E-state index in [1.165, 1.54) is 44.2 Å². The van der Waals surface area contributed by atoms with Gasteiger partial charge in [0.15, 0.2) is 0 Å². The molecule has 0 aliphatic heterocycles. The maximum absolute atomic E-state index is 13.4. The van der Waals surface area contributed by atoms with Crippen LogP contribution in [0.4, 0.5) is 4.39 Å². The SMILES string of the molecule is NCC#Cc1cc(F)cc(OCC2CCCCC2)c1. The molecule has 1 aromatic rings. The van der Waals surface area contributed by atoms with Crippen LogP contribution in [0.5, 0.6) is 5.75 Å². The molecule has 0 atom stereocenters. The molecule has 0 aromatic heterocycles. The Balaban J connectivity index is 1.97. The number of ether oxygens (including phenoxy) is 1. The fraction of sp³-hybridized carbons (Fsp3) is 0.500. The predicted molar refractivity (Wildman–Crippen MR) is 74.4 cm³/mol. The summed E-state index contributed by atoms with van der Waals surface area (Å²) in [5.41, 5.74) is 5.92. The Bertz CT molecular complexity index is 469. The third-order valence-electron chi connectivity index (χ3n) is 3.42. The molecule has 0 amide bonds. The van der Waals surface area contributed by atoms with Crippen LogP contribution < -0.4 is 10.5 Å². The van der Waals surface area contributed by atoms with Crippen molar-refractivity contribution in [3.8, 4) is 17.6 Å². The van der Waals surface area contributed by atoms with E-state index in [2.05, 4.69) is 11.8 Å². The van der Waals surface area contributed by atoms with Crippen molar-refractivity contribution < 1.29 is 9.13 Å². The summed E-state index contributed by atoms with van der Waals surface area (Å²) in [7, 11) is 0. The Labute approximate surface area is 114 Å². The van der Waals surface area contributed by atoms with E-state index < -0.39 is 0 Å².